The van der Waals surface area contributed by atoms with Crippen molar-refractivity contribution in [3.63, 3.8) is 0 Å². The Morgan fingerprint density at radius 3 is 2.83 bits per heavy atom. The Hall–Kier alpha value is -2.09. The van der Waals surface area contributed by atoms with Gasteiger partial charge in [-0.05, 0) is 22.0 Å². The molecule has 0 spiro atoms. The Kier molecular flexibility index (Phi) is 3.19. The number of nitro benzene ring substituents is 1. The Labute approximate surface area is 108 Å². The van der Waals surface area contributed by atoms with Crippen molar-refractivity contribution in [1.29, 1.82) is 0 Å². The molecule has 0 aliphatic carbocycles. The van der Waals surface area contributed by atoms with E-state index in [-0.39, 0.29) is 27.2 Å². The summed E-state index contributed by atoms with van der Waals surface area (Å²) in [6.45, 7) is 0. The van der Waals surface area contributed by atoms with Crippen molar-refractivity contribution in [2.75, 3.05) is 0 Å². The van der Waals surface area contributed by atoms with Gasteiger partial charge in [0, 0.05) is 17.7 Å². The number of non-ortho nitro benzene ring substituents is 1. The van der Waals surface area contributed by atoms with Gasteiger partial charge in [-0.2, -0.15) is 0 Å². The fourth-order valence-corrected chi connectivity index (χ4v) is 1.74. The summed E-state index contributed by atoms with van der Waals surface area (Å²) in [5.74, 6) is -0.732. The van der Waals surface area contributed by atoms with Crippen molar-refractivity contribution in [2.45, 2.75) is 0 Å². The third-order valence-electron chi connectivity index (χ3n) is 2.22. The van der Waals surface area contributed by atoms with Crippen LogP contribution in [-0.2, 0) is 0 Å². The highest BCUT2D eigenvalue weighted by molar-refractivity contribution is 9.10. The fraction of sp³-hybridized carbons (Fsp3) is 0. The molecule has 0 fully saturated rings. The molecule has 0 saturated heterocycles. The summed E-state index contributed by atoms with van der Waals surface area (Å²) in [6.07, 6.45) is 0.425. The number of rotatable bonds is 3. The lowest BCUT2D eigenvalue weighted by atomic mass is 10.1. The molecule has 1 heterocycles. The van der Waals surface area contributed by atoms with Crippen molar-refractivity contribution in [1.82, 2.24) is 5.16 Å². The molecule has 2 rings (SSSR count). The summed E-state index contributed by atoms with van der Waals surface area (Å²) in [6, 6.07) is 2.95. The first-order valence-corrected chi connectivity index (χ1v) is 5.38. The molecule has 8 heteroatoms. The molecule has 0 saturated carbocycles. The average Bonchev–Trinajstić information content (AvgIpc) is 2.70. The second kappa shape index (κ2) is 4.65. The maximum atomic E-state index is 13.6. The molecular weight excluding hydrogens is 311 g/mol. The second-order valence-electron chi connectivity index (χ2n) is 3.26. The number of hydrogen-bond donors (Lipinski definition) is 0. The minimum absolute atomic E-state index is 0.00519. The van der Waals surface area contributed by atoms with Gasteiger partial charge in [0.05, 0.1) is 10.5 Å². The van der Waals surface area contributed by atoms with Crippen LogP contribution >= 0.6 is 15.9 Å². The lowest BCUT2D eigenvalue weighted by Crippen LogP contribution is -1.93. The molecule has 92 valence electrons. The minimum Gasteiger partial charge on any atom is -0.348 e. The van der Waals surface area contributed by atoms with Gasteiger partial charge >= 0.3 is 0 Å². The van der Waals surface area contributed by atoms with Gasteiger partial charge in [-0.15, -0.1) is 0 Å². The fourth-order valence-electron chi connectivity index (χ4n) is 1.38. The van der Waals surface area contributed by atoms with Crippen molar-refractivity contribution in [3.8, 4) is 11.3 Å². The third-order valence-corrected chi connectivity index (χ3v) is 2.79. The number of nitrogens with zero attached hydrogens (tertiary/aromatic N) is 2. The van der Waals surface area contributed by atoms with Gasteiger partial charge in [-0.3, -0.25) is 14.9 Å². The lowest BCUT2D eigenvalue weighted by Gasteiger charge is -1.99. The zero-order valence-corrected chi connectivity index (χ0v) is 10.2. The zero-order valence-electron chi connectivity index (χ0n) is 8.59. The van der Waals surface area contributed by atoms with E-state index in [0.29, 0.717) is 6.29 Å². The maximum Gasteiger partial charge on any atom is 0.270 e. The molecule has 18 heavy (non-hydrogen) atoms. The van der Waals surface area contributed by atoms with Gasteiger partial charge < -0.3 is 4.52 Å². The molecule has 0 N–H and O–H groups in total. The Bertz CT molecular complexity index is 641. The molecule has 0 aliphatic rings. The second-order valence-corrected chi connectivity index (χ2v) is 3.98. The number of aldehydes is 1. The number of hydrogen-bond acceptors (Lipinski definition) is 5. The highest BCUT2D eigenvalue weighted by Crippen LogP contribution is 2.31. The first kappa shape index (κ1) is 12.4. The van der Waals surface area contributed by atoms with Gasteiger partial charge in [0.2, 0.25) is 4.67 Å². The van der Waals surface area contributed by atoms with Crippen LogP contribution in [0.15, 0.2) is 27.4 Å². The molecule has 2 aromatic rings. The largest absolute Gasteiger partial charge is 0.348 e. The first-order chi connectivity index (χ1) is 8.54. The van der Waals surface area contributed by atoms with Gasteiger partial charge in [-0.25, -0.2) is 4.39 Å². The molecule has 0 amide bonds. The number of carbonyl (C=O) groups is 1. The minimum atomic E-state index is -0.732. The van der Waals surface area contributed by atoms with Crippen LogP contribution in [0.25, 0.3) is 11.3 Å². The lowest BCUT2D eigenvalue weighted by molar-refractivity contribution is -0.384. The van der Waals surface area contributed by atoms with Crippen LogP contribution < -0.4 is 0 Å². The van der Waals surface area contributed by atoms with Gasteiger partial charge in [0.25, 0.3) is 5.69 Å². The molecule has 6 nitrogen and oxygen atoms in total. The van der Waals surface area contributed by atoms with E-state index in [1.54, 1.807) is 0 Å². The van der Waals surface area contributed by atoms with E-state index in [0.717, 1.165) is 18.2 Å². The summed E-state index contributed by atoms with van der Waals surface area (Å²) in [5, 5.41) is 14.1. The van der Waals surface area contributed by atoms with Crippen molar-refractivity contribution < 1.29 is 18.6 Å². The Balaban J connectivity index is 2.66. The van der Waals surface area contributed by atoms with E-state index < -0.39 is 10.7 Å². The molecule has 0 unspecified atom stereocenters. The van der Waals surface area contributed by atoms with E-state index in [9.17, 15) is 19.3 Å². The van der Waals surface area contributed by atoms with E-state index >= 15 is 0 Å². The zero-order chi connectivity index (χ0) is 13.3. The van der Waals surface area contributed by atoms with Crippen LogP contribution in [-0.4, -0.2) is 16.4 Å². The van der Waals surface area contributed by atoms with Crippen LogP contribution in [0, 0.1) is 15.9 Å². The third kappa shape index (κ3) is 2.02. The summed E-state index contributed by atoms with van der Waals surface area (Å²) in [4.78, 5) is 20.8. The van der Waals surface area contributed by atoms with E-state index in [1.807, 2.05) is 0 Å². The standard InChI is InChI=1S/C10H4BrFN2O4/c11-10-7(4-15)9(13-18-10)6-3-5(14(16)17)1-2-8(6)12/h1-4H. The summed E-state index contributed by atoms with van der Waals surface area (Å²) >= 11 is 2.93. The molecule has 0 radical (unpaired) electrons. The molecule has 0 atom stereocenters. The normalized spacial score (nSPS) is 10.3. The molecule has 1 aromatic carbocycles. The van der Waals surface area contributed by atoms with Crippen LogP contribution in [0.3, 0.4) is 0 Å². The number of nitro groups is 1. The van der Waals surface area contributed by atoms with E-state index in [4.69, 9.17) is 4.52 Å². The van der Waals surface area contributed by atoms with Crippen molar-refractivity contribution in [3.05, 3.63) is 44.4 Å². The van der Waals surface area contributed by atoms with Crippen LogP contribution in [0.4, 0.5) is 10.1 Å². The highest BCUT2D eigenvalue weighted by atomic mass is 79.9. The van der Waals surface area contributed by atoms with E-state index in [2.05, 4.69) is 21.1 Å². The predicted octanol–water partition coefficient (Wildman–Crippen LogP) is 2.96. The number of carbonyl (C=O) groups excluding carboxylic acids is 1. The summed E-state index contributed by atoms with van der Waals surface area (Å²) in [7, 11) is 0. The van der Waals surface area contributed by atoms with Gasteiger partial charge in [0.15, 0.2) is 6.29 Å². The van der Waals surface area contributed by atoms with Crippen LogP contribution in [0.2, 0.25) is 0 Å². The Morgan fingerprint density at radius 2 is 2.22 bits per heavy atom. The van der Waals surface area contributed by atoms with Crippen LogP contribution in [0.5, 0.6) is 0 Å². The van der Waals surface area contributed by atoms with E-state index in [1.165, 1.54) is 0 Å². The molecule has 0 bridgehead atoms. The Morgan fingerprint density at radius 1 is 1.50 bits per heavy atom. The number of halogens is 2. The summed E-state index contributed by atoms with van der Waals surface area (Å²) in [5.41, 5.74) is -0.560. The smallest absolute Gasteiger partial charge is 0.270 e. The predicted molar refractivity (Wildman–Crippen MR) is 61.6 cm³/mol. The molecule has 0 aliphatic heterocycles. The summed E-state index contributed by atoms with van der Waals surface area (Å²) < 4.78 is 18.3. The maximum absolute atomic E-state index is 13.6. The molecule has 1 aromatic heterocycles. The molecular formula is C10H4BrFN2O4. The van der Waals surface area contributed by atoms with Crippen molar-refractivity contribution >= 4 is 27.9 Å². The quantitative estimate of drug-likeness (QED) is 0.494. The average molecular weight is 315 g/mol. The SMILES string of the molecule is O=Cc1c(-c2cc([N+](=O)[O-])ccc2F)noc1Br. The van der Waals surface area contributed by atoms with Crippen molar-refractivity contribution in [2.24, 2.45) is 0 Å². The monoisotopic (exact) mass is 314 g/mol. The number of aromatic nitrogens is 1. The van der Waals surface area contributed by atoms with Crippen LogP contribution in [0.1, 0.15) is 10.4 Å². The van der Waals surface area contributed by atoms with Gasteiger partial charge in [0.1, 0.15) is 11.5 Å². The number of benzene rings is 1. The van der Waals surface area contributed by atoms with Gasteiger partial charge in [-0.1, -0.05) is 5.16 Å². The highest BCUT2D eigenvalue weighted by Gasteiger charge is 2.20. The first-order valence-electron chi connectivity index (χ1n) is 4.59. The topological polar surface area (TPSA) is 86.2 Å².